The number of carbonyl (C=O) groups is 1. The molecule has 0 aliphatic rings. The molecule has 192 valence electrons. The number of hydrogen-bond donors (Lipinski definition) is 1. The van der Waals surface area contributed by atoms with Gasteiger partial charge in [-0.15, -0.1) is 12.6 Å². The van der Waals surface area contributed by atoms with Crippen LogP contribution in [0.25, 0.3) is 0 Å². The van der Waals surface area contributed by atoms with Crippen molar-refractivity contribution in [3.05, 3.63) is 0 Å². The van der Waals surface area contributed by atoms with Crippen LogP contribution >= 0.6 is 12.6 Å². The predicted octanol–water partition coefficient (Wildman–Crippen LogP) is 10.2. The molecule has 2 nitrogen and oxygen atoms in total. The van der Waals surface area contributed by atoms with Crippen LogP contribution in [0, 0.1) is 0 Å². The van der Waals surface area contributed by atoms with E-state index in [1.165, 1.54) is 109 Å². The molecule has 0 N–H and O–H groups in total. The molecule has 0 heterocycles. The summed E-state index contributed by atoms with van der Waals surface area (Å²) in [6.07, 6.45) is 26.5. The first kappa shape index (κ1) is 34.8. The summed E-state index contributed by atoms with van der Waals surface area (Å²) in [6.45, 7) is 8.63. The number of hydrogen-bond acceptors (Lipinski definition) is 3. The zero-order valence-corrected chi connectivity index (χ0v) is 26.1. The molecule has 1 atom stereocenters. The Morgan fingerprint density at radius 3 is 1.31 bits per heavy atom. The van der Waals surface area contributed by atoms with Crippen molar-refractivity contribution in [2.75, 3.05) is 0 Å². The van der Waals surface area contributed by atoms with Crippen molar-refractivity contribution < 1.29 is 9.53 Å². The fourth-order valence-electron chi connectivity index (χ4n) is 3.62. The Hall–Kier alpha value is 0.619. The monoisotopic (exact) mass is 578 g/mol. The number of ether oxygens (including phenoxy) is 1. The Morgan fingerprint density at radius 1 is 0.625 bits per heavy atom. The summed E-state index contributed by atoms with van der Waals surface area (Å²) in [7, 11) is 0. The second kappa shape index (κ2) is 31.6. The standard InChI is InChI=1S/C20H40O2S.2C4H9.Sn/c1-3-4-5-6-7-8-9-10-11-12-13-14-15-16-17-18-20(21)22-19(2)23;2*1-3-4-2;/h19,23H,3-18H2,1-2H3;2*1,3-4H2,2H3;. The molecule has 0 amide bonds. The maximum absolute atomic E-state index is 11.3. The SMILES string of the molecule is CCCCCCCCCCCCCCCCCC(=O)OC(C)S.CCC[CH2][Sn][CH2]CCC. The summed E-state index contributed by atoms with van der Waals surface area (Å²) in [5, 5.41) is 0. The molecule has 2 radical (unpaired) electrons. The molecule has 0 fully saturated rings. The normalized spacial score (nSPS) is 11.7. The molecular formula is C28H58O2SSn. The van der Waals surface area contributed by atoms with Crippen molar-refractivity contribution in [1.29, 1.82) is 0 Å². The molecule has 0 aliphatic carbocycles. The molecule has 32 heavy (non-hydrogen) atoms. The van der Waals surface area contributed by atoms with Gasteiger partial charge in [0, 0.05) is 6.42 Å². The average Bonchev–Trinajstić information content (AvgIpc) is 2.76. The van der Waals surface area contributed by atoms with Gasteiger partial charge in [-0.3, -0.25) is 4.79 Å². The molecule has 0 aromatic carbocycles. The zero-order valence-electron chi connectivity index (χ0n) is 22.4. The summed E-state index contributed by atoms with van der Waals surface area (Å²) in [5.41, 5.74) is -0.279. The Kier molecular flexibility index (Phi) is 34.4. The van der Waals surface area contributed by atoms with Crippen molar-refractivity contribution in [3.63, 3.8) is 0 Å². The Labute approximate surface area is 218 Å². The molecule has 0 spiro atoms. The summed E-state index contributed by atoms with van der Waals surface area (Å²) in [5.74, 6) is -0.109. The molecule has 0 aromatic heterocycles. The summed E-state index contributed by atoms with van der Waals surface area (Å²) >= 11 is 4.19. The van der Waals surface area contributed by atoms with Gasteiger partial charge < -0.3 is 4.74 Å². The summed E-state index contributed by atoms with van der Waals surface area (Å²) in [6, 6.07) is 0. The van der Waals surface area contributed by atoms with Crippen molar-refractivity contribution in [2.45, 2.75) is 170 Å². The van der Waals surface area contributed by atoms with Crippen LogP contribution in [0.4, 0.5) is 0 Å². The fraction of sp³-hybridized carbons (Fsp3) is 0.964. The third-order valence-corrected chi connectivity index (χ3v) is 9.84. The molecule has 0 bridgehead atoms. The van der Waals surface area contributed by atoms with Gasteiger partial charge in [0.1, 0.15) is 5.44 Å². The quantitative estimate of drug-likeness (QED) is 0.0430. The minimum absolute atomic E-state index is 0.109. The third-order valence-electron chi connectivity index (χ3n) is 5.70. The minimum atomic E-state index is -0.279. The second-order valence-electron chi connectivity index (χ2n) is 9.25. The zero-order chi connectivity index (χ0) is 24.1. The Balaban J connectivity index is 0. The maximum atomic E-state index is 11.3. The van der Waals surface area contributed by atoms with Gasteiger partial charge in [0.05, 0.1) is 0 Å². The predicted molar refractivity (Wildman–Crippen MR) is 149 cm³/mol. The van der Waals surface area contributed by atoms with Gasteiger partial charge in [-0.2, -0.15) is 0 Å². The van der Waals surface area contributed by atoms with Crippen molar-refractivity contribution in [1.82, 2.24) is 0 Å². The summed E-state index contributed by atoms with van der Waals surface area (Å²) < 4.78 is 8.24. The van der Waals surface area contributed by atoms with Crippen LogP contribution in [0.15, 0.2) is 0 Å². The van der Waals surface area contributed by atoms with E-state index in [1.807, 2.05) is 0 Å². The van der Waals surface area contributed by atoms with Crippen molar-refractivity contribution in [3.8, 4) is 0 Å². The van der Waals surface area contributed by atoms with Crippen LogP contribution in [-0.2, 0) is 9.53 Å². The van der Waals surface area contributed by atoms with E-state index in [0.717, 1.165) is 12.8 Å². The van der Waals surface area contributed by atoms with E-state index < -0.39 is 0 Å². The van der Waals surface area contributed by atoms with E-state index in [-0.39, 0.29) is 32.5 Å². The Morgan fingerprint density at radius 2 is 0.969 bits per heavy atom. The van der Waals surface area contributed by atoms with E-state index in [1.54, 1.807) is 15.8 Å². The number of thiol groups is 1. The van der Waals surface area contributed by atoms with E-state index in [0.29, 0.717) is 6.42 Å². The first-order valence-electron chi connectivity index (χ1n) is 14.2. The fourth-order valence-corrected chi connectivity index (χ4v) is 7.89. The molecule has 0 saturated heterocycles. The number of rotatable bonds is 23. The van der Waals surface area contributed by atoms with Crippen LogP contribution in [-0.4, -0.2) is 32.5 Å². The average molecular weight is 578 g/mol. The molecule has 0 saturated carbocycles. The molecule has 0 aliphatic heterocycles. The summed E-state index contributed by atoms with van der Waals surface area (Å²) in [4.78, 5) is 11.3. The van der Waals surface area contributed by atoms with E-state index in [4.69, 9.17) is 4.74 Å². The topological polar surface area (TPSA) is 26.3 Å². The number of carbonyl (C=O) groups excluding carboxylic acids is 1. The van der Waals surface area contributed by atoms with Gasteiger partial charge >= 0.3 is 75.5 Å². The number of esters is 1. The van der Waals surface area contributed by atoms with E-state index >= 15 is 0 Å². The van der Waals surface area contributed by atoms with Gasteiger partial charge in [0.25, 0.3) is 0 Å². The van der Waals surface area contributed by atoms with Crippen LogP contribution in [0.5, 0.6) is 0 Å². The van der Waals surface area contributed by atoms with Crippen LogP contribution < -0.4 is 0 Å². The van der Waals surface area contributed by atoms with Crippen molar-refractivity contribution in [2.24, 2.45) is 0 Å². The van der Waals surface area contributed by atoms with Crippen LogP contribution in [0.1, 0.15) is 156 Å². The first-order chi connectivity index (χ1) is 15.6. The number of unbranched alkanes of at least 4 members (excludes halogenated alkanes) is 16. The molecular weight excluding hydrogens is 519 g/mol. The van der Waals surface area contributed by atoms with E-state index in [9.17, 15) is 4.79 Å². The molecule has 4 heteroatoms. The van der Waals surface area contributed by atoms with Crippen LogP contribution in [0.3, 0.4) is 0 Å². The van der Waals surface area contributed by atoms with Crippen LogP contribution in [0.2, 0.25) is 8.87 Å². The molecule has 1 unspecified atom stereocenters. The van der Waals surface area contributed by atoms with E-state index in [2.05, 4.69) is 33.4 Å². The molecule has 0 rings (SSSR count). The van der Waals surface area contributed by atoms with Crippen molar-refractivity contribution >= 4 is 39.7 Å². The Bertz CT molecular complexity index is 344. The first-order valence-corrected chi connectivity index (χ1v) is 18.7. The van der Waals surface area contributed by atoms with Gasteiger partial charge in [-0.05, 0) is 13.3 Å². The van der Waals surface area contributed by atoms with Gasteiger partial charge in [-0.25, -0.2) is 0 Å². The van der Waals surface area contributed by atoms with Gasteiger partial charge in [-0.1, -0.05) is 96.8 Å². The third kappa shape index (κ3) is 35.2. The second-order valence-corrected chi connectivity index (χ2v) is 14.3. The molecule has 0 aromatic rings. The van der Waals surface area contributed by atoms with Gasteiger partial charge in [0.2, 0.25) is 0 Å². The van der Waals surface area contributed by atoms with Gasteiger partial charge in [0.15, 0.2) is 0 Å².